The molecule has 0 aliphatic heterocycles. The number of aryl methyl sites for hydroxylation is 1. The Morgan fingerprint density at radius 2 is 2.06 bits per heavy atom. The van der Waals surface area contributed by atoms with E-state index in [4.69, 9.17) is 5.73 Å². The molecule has 0 saturated carbocycles. The van der Waals surface area contributed by atoms with Crippen LogP contribution in [0.3, 0.4) is 0 Å². The monoisotopic (exact) mass is 261 g/mol. The number of fused-ring (bicyclic) bond motifs is 1. The number of imidazole rings is 1. The molecule has 0 bridgehead atoms. The first-order valence-electron chi connectivity index (χ1n) is 6.32. The first-order chi connectivity index (χ1) is 8.45. The predicted octanol–water partition coefficient (Wildman–Crippen LogP) is 2.60. The molecule has 0 spiro atoms. The van der Waals surface area contributed by atoms with Gasteiger partial charge in [0.15, 0.2) is 0 Å². The predicted molar refractivity (Wildman–Crippen MR) is 62.2 cm³/mol. The molecule has 6 heteroatoms. The molecular weight excluding hydrogens is 243 g/mol. The molecular formula is C12H18F3N3. The topological polar surface area (TPSA) is 43.8 Å². The van der Waals surface area contributed by atoms with Crippen LogP contribution < -0.4 is 5.73 Å². The highest BCUT2D eigenvalue weighted by Gasteiger charge is 2.45. The number of hydrogen-bond acceptors (Lipinski definition) is 2. The number of rotatable bonds is 3. The van der Waals surface area contributed by atoms with Gasteiger partial charge in [-0.05, 0) is 32.1 Å². The Labute approximate surface area is 104 Å². The van der Waals surface area contributed by atoms with Gasteiger partial charge in [0, 0.05) is 11.7 Å². The third kappa shape index (κ3) is 2.39. The Kier molecular flexibility index (Phi) is 3.66. The van der Waals surface area contributed by atoms with Gasteiger partial charge in [0.05, 0.1) is 12.0 Å². The smallest absolute Gasteiger partial charge is 0.326 e. The van der Waals surface area contributed by atoms with Gasteiger partial charge in [-0.1, -0.05) is 6.92 Å². The summed E-state index contributed by atoms with van der Waals surface area (Å²) < 4.78 is 40.7. The number of aromatic nitrogens is 2. The highest BCUT2D eigenvalue weighted by Crippen LogP contribution is 2.36. The average molecular weight is 261 g/mol. The van der Waals surface area contributed by atoms with E-state index >= 15 is 0 Å². The average Bonchev–Trinajstić information content (AvgIpc) is 2.71. The summed E-state index contributed by atoms with van der Waals surface area (Å²) in [5, 5.41) is 0. The van der Waals surface area contributed by atoms with E-state index in [9.17, 15) is 13.2 Å². The molecule has 1 heterocycles. The van der Waals surface area contributed by atoms with Crippen molar-refractivity contribution in [1.82, 2.24) is 9.55 Å². The number of nitrogens with two attached hydrogens (primary N) is 1. The van der Waals surface area contributed by atoms with Crippen molar-refractivity contribution in [3.63, 3.8) is 0 Å². The summed E-state index contributed by atoms with van der Waals surface area (Å²) in [5.41, 5.74) is 7.18. The van der Waals surface area contributed by atoms with Crippen molar-refractivity contribution >= 4 is 0 Å². The van der Waals surface area contributed by atoms with Crippen LogP contribution in [0.1, 0.15) is 43.6 Å². The largest absolute Gasteiger partial charge is 0.410 e. The summed E-state index contributed by atoms with van der Waals surface area (Å²) in [6.07, 6.45) is 0.625. The summed E-state index contributed by atoms with van der Waals surface area (Å²) >= 11 is 0. The molecule has 2 N–H and O–H groups in total. The maximum absolute atomic E-state index is 13.2. The molecule has 1 aliphatic rings. The van der Waals surface area contributed by atoms with Gasteiger partial charge in [-0.2, -0.15) is 13.2 Å². The third-order valence-electron chi connectivity index (χ3n) is 3.57. The second-order valence-electron chi connectivity index (χ2n) is 4.81. The van der Waals surface area contributed by atoms with Crippen LogP contribution in [0.2, 0.25) is 0 Å². The van der Waals surface area contributed by atoms with Crippen LogP contribution in [0.25, 0.3) is 0 Å². The van der Waals surface area contributed by atoms with Gasteiger partial charge in [0.1, 0.15) is 6.04 Å². The molecule has 2 unspecified atom stereocenters. The summed E-state index contributed by atoms with van der Waals surface area (Å²) in [7, 11) is 0. The summed E-state index contributed by atoms with van der Waals surface area (Å²) in [5.74, 6) is 0. The maximum Gasteiger partial charge on any atom is 0.410 e. The Hall–Kier alpha value is -1.04. The molecule has 102 valence electrons. The molecule has 1 aromatic heterocycles. The third-order valence-corrected chi connectivity index (χ3v) is 3.57. The molecule has 3 nitrogen and oxygen atoms in total. The van der Waals surface area contributed by atoms with Gasteiger partial charge in [0.25, 0.3) is 0 Å². The van der Waals surface area contributed by atoms with Crippen LogP contribution in [-0.4, -0.2) is 21.8 Å². The molecule has 0 fully saturated rings. The van der Waals surface area contributed by atoms with Gasteiger partial charge >= 0.3 is 6.18 Å². The Balaban J connectivity index is 2.39. The fraction of sp³-hybridized carbons (Fsp3) is 0.750. The van der Waals surface area contributed by atoms with E-state index in [0.717, 1.165) is 25.0 Å². The lowest BCUT2D eigenvalue weighted by Gasteiger charge is -2.29. The van der Waals surface area contributed by atoms with Crippen molar-refractivity contribution < 1.29 is 13.2 Å². The van der Waals surface area contributed by atoms with Crippen LogP contribution >= 0.6 is 0 Å². The van der Waals surface area contributed by atoms with Gasteiger partial charge in [0.2, 0.25) is 0 Å². The lowest BCUT2D eigenvalue weighted by molar-refractivity contribution is -0.173. The van der Waals surface area contributed by atoms with E-state index in [-0.39, 0.29) is 6.42 Å². The summed E-state index contributed by atoms with van der Waals surface area (Å²) in [4.78, 5) is 4.12. The number of alkyl halides is 3. The van der Waals surface area contributed by atoms with Crippen molar-refractivity contribution in [2.45, 2.75) is 57.3 Å². The fourth-order valence-corrected chi connectivity index (χ4v) is 2.56. The van der Waals surface area contributed by atoms with E-state index in [1.54, 1.807) is 6.92 Å². The van der Waals surface area contributed by atoms with Crippen LogP contribution in [0.4, 0.5) is 13.2 Å². The van der Waals surface area contributed by atoms with Crippen LogP contribution in [0.15, 0.2) is 6.33 Å². The number of nitrogens with zero attached hydrogens (tertiary/aromatic N) is 2. The normalized spacial score (nSPS) is 19.4. The van der Waals surface area contributed by atoms with E-state index in [1.165, 1.54) is 10.9 Å². The second-order valence-corrected chi connectivity index (χ2v) is 4.81. The lowest BCUT2D eigenvalue weighted by Crippen LogP contribution is -2.41. The molecule has 2 atom stereocenters. The Bertz CT molecular complexity index is 411. The zero-order chi connectivity index (χ0) is 13.3. The SMILES string of the molecule is CCC(N)C(n1cnc2c1CCCC2)C(F)(F)F. The second kappa shape index (κ2) is 4.91. The van der Waals surface area contributed by atoms with E-state index in [2.05, 4.69) is 4.98 Å². The number of halogens is 3. The minimum absolute atomic E-state index is 0.289. The van der Waals surface area contributed by atoms with Crippen molar-refractivity contribution in [1.29, 1.82) is 0 Å². The molecule has 0 radical (unpaired) electrons. The van der Waals surface area contributed by atoms with Crippen molar-refractivity contribution in [2.75, 3.05) is 0 Å². The first kappa shape index (κ1) is 13.4. The summed E-state index contributed by atoms with van der Waals surface area (Å²) in [6.45, 7) is 1.67. The van der Waals surface area contributed by atoms with Crippen molar-refractivity contribution in [3.8, 4) is 0 Å². The maximum atomic E-state index is 13.2. The van der Waals surface area contributed by atoms with Crippen molar-refractivity contribution in [3.05, 3.63) is 17.7 Å². The van der Waals surface area contributed by atoms with Gasteiger partial charge < -0.3 is 10.3 Å². The highest BCUT2D eigenvalue weighted by atomic mass is 19.4. The van der Waals surface area contributed by atoms with Gasteiger partial charge in [-0.25, -0.2) is 4.98 Å². The molecule has 18 heavy (non-hydrogen) atoms. The molecule has 1 aromatic rings. The Morgan fingerprint density at radius 3 is 2.67 bits per heavy atom. The van der Waals surface area contributed by atoms with E-state index < -0.39 is 18.3 Å². The van der Waals surface area contributed by atoms with Gasteiger partial charge in [-0.3, -0.25) is 0 Å². The number of hydrogen-bond donors (Lipinski definition) is 1. The van der Waals surface area contributed by atoms with Crippen molar-refractivity contribution in [2.24, 2.45) is 5.73 Å². The van der Waals surface area contributed by atoms with Gasteiger partial charge in [-0.15, -0.1) is 0 Å². The summed E-state index contributed by atoms with van der Waals surface area (Å²) in [6, 6.07) is -2.58. The molecule has 0 aromatic carbocycles. The molecule has 2 rings (SSSR count). The highest BCUT2D eigenvalue weighted by molar-refractivity contribution is 5.18. The van der Waals surface area contributed by atoms with E-state index in [1.807, 2.05) is 0 Å². The van der Waals surface area contributed by atoms with Crippen LogP contribution in [0, 0.1) is 0 Å². The standard InChI is InChI=1S/C12H18F3N3/c1-2-8(16)11(12(13,14)15)18-7-17-9-5-3-4-6-10(9)18/h7-8,11H,2-6,16H2,1H3. The zero-order valence-electron chi connectivity index (χ0n) is 10.4. The minimum Gasteiger partial charge on any atom is -0.326 e. The fourth-order valence-electron chi connectivity index (χ4n) is 2.56. The van der Waals surface area contributed by atoms with E-state index in [0.29, 0.717) is 12.1 Å². The lowest BCUT2D eigenvalue weighted by atomic mass is 9.99. The van der Waals surface area contributed by atoms with Crippen LogP contribution in [0.5, 0.6) is 0 Å². The minimum atomic E-state index is -4.33. The molecule has 0 saturated heterocycles. The quantitative estimate of drug-likeness (QED) is 0.909. The zero-order valence-corrected chi connectivity index (χ0v) is 10.4. The molecule has 1 aliphatic carbocycles. The Morgan fingerprint density at radius 1 is 1.39 bits per heavy atom. The first-order valence-corrected chi connectivity index (χ1v) is 6.32. The molecule has 0 amide bonds. The van der Waals surface area contributed by atoms with Crippen LogP contribution in [-0.2, 0) is 12.8 Å².